The van der Waals surface area contributed by atoms with Gasteiger partial charge in [0.25, 0.3) is 0 Å². The maximum absolute atomic E-state index is 12.2. The molecule has 0 fully saturated rings. The van der Waals surface area contributed by atoms with Gasteiger partial charge in [-0.3, -0.25) is 9.52 Å². The molecule has 10 heteroatoms. The zero-order chi connectivity index (χ0) is 18.7. The molecule has 0 atom stereocenters. The molecule has 4 N–H and O–H groups in total. The van der Waals surface area contributed by atoms with Crippen molar-refractivity contribution in [2.75, 3.05) is 31.6 Å². The molecule has 0 radical (unpaired) electrons. The second kappa shape index (κ2) is 7.28. The first-order valence-corrected chi connectivity index (χ1v) is 9.02. The van der Waals surface area contributed by atoms with E-state index in [1.54, 1.807) is 39.2 Å². The Kier molecular flexibility index (Phi) is 5.53. The molecule has 1 aliphatic rings. The third kappa shape index (κ3) is 4.60. The fraction of sp³-hybridized carbons (Fsp3) is 0.467. The van der Waals surface area contributed by atoms with Gasteiger partial charge in [0.2, 0.25) is 5.91 Å². The minimum Gasteiger partial charge on any atom is -0.492 e. The van der Waals surface area contributed by atoms with Crippen LogP contribution in [0.5, 0.6) is 5.75 Å². The summed E-state index contributed by atoms with van der Waals surface area (Å²) < 4.78 is 39.5. The number of carbonyl (C=O) groups excluding carboxylic acids is 1. The molecule has 1 aromatic rings. The van der Waals surface area contributed by atoms with Crippen LogP contribution in [0.4, 0.5) is 5.69 Å². The van der Waals surface area contributed by atoms with Crippen LogP contribution < -0.4 is 20.5 Å². The number of nitrogens with two attached hydrogens (primary N) is 1. The summed E-state index contributed by atoms with van der Waals surface area (Å²) in [5.74, 6) is 0.00214. The molecule has 0 saturated heterocycles. The number of anilines is 1. The molecule has 138 valence electrons. The summed E-state index contributed by atoms with van der Waals surface area (Å²) in [7, 11) is -2.30. The van der Waals surface area contributed by atoms with E-state index in [4.69, 9.17) is 15.2 Å². The van der Waals surface area contributed by atoms with Crippen LogP contribution in [0.1, 0.15) is 19.4 Å². The summed E-state index contributed by atoms with van der Waals surface area (Å²) in [5, 5.41) is 2.76. The molecule has 2 rings (SSSR count). The Bertz CT molecular complexity index is 789. The number of amidine groups is 1. The number of rotatable bonds is 7. The number of nitrogens with one attached hydrogen (secondary N) is 2. The molecular formula is C15H22N4O5S. The van der Waals surface area contributed by atoms with Gasteiger partial charge >= 0.3 is 10.2 Å². The number of hydrogen-bond donors (Lipinski definition) is 3. The Morgan fingerprint density at radius 1 is 1.40 bits per heavy atom. The summed E-state index contributed by atoms with van der Waals surface area (Å²) in [5.41, 5.74) is 5.59. The van der Waals surface area contributed by atoms with Crippen molar-refractivity contribution in [3.8, 4) is 5.75 Å². The van der Waals surface area contributed by atoms with E-state index in [1.165, 1.54) is 0 Å². The Balaban J connectivity index is 2.13. The minimum absolute atomic E-state index is 0.0717. The number of ether oxygens (including phenoxy) is 2. The van der Waals surface area contributed by atoms with Crippen LogP contribution in [0.3, 0.4) is 0 Å². The van der Waals surface area contributed by atoms with Crippen LogP contribution in [0, 0.1) is 5.41 Å². The quantitative estimate of drug-likeness (QED) is 0.589. The maximum Gasteiger partial charge on any atom is 0.344 e. The van der Waals surface area contributed by atoms with E-state index in [9.17, 15) is 13.2 Å². The molecule has 0 saturated carbocycles. The number of methoxy groups -OCH3 is 1. The zero-order valence-electron chi connectivity index (χ0n) is 14.3. The fourth-order valence-corrected chi connectivity index (χ4v) is 3.01. The van der Waals surface area contributed by atoms with Crippen LogP contribution in [0.2, 0.25) is 0 Å². The SMILES string of the molecule is COCCNC(=O)C(C)(C)COc1cccc2c1C(N)=NS(=O)(=O)N2. The average molecular weight is 370 g/mol. The standard InChI is InChI=1S/C15H22N4O5S/c1-15(2,14(20)17-7-8-23-3)9-24-11-6-4-5-10-12(11)13(16)19-25(21,22)18-10/h4-6,18H,7-9H2,1-3H3,(H2,16,19)(H,17,20). The summed E-state index contributed by atoms with van der Waals surface area (Å²) in [6.45, 7) is 4.38. The van der Waals surface area contributed by atoms with Gasteiger partial charge in [-0.05, 0) is 26.0 Å². The second-order valence-corrected chi connectivity index (χ2v) is 7.49. The molecule has 9 nitrogen and oxygen atoms in total. The van der Waals surface area contributed by atoms with Crippen molar-refractivity contribution >= 4 is 27.6 Å². The number of fused-ring (bicyclic) bond motifs is 1. The van der Waals surface area contributed by atoms with Gasteiger partial charge in [-0.1, -0.05) is 6.07 Å². The van der Waals surface area contributed by atoms with Crippen LogP contribution >= 0.6 is 0 Å². The van der Waals surface area contributed by atoms with E-state index in [2.05, 4.69) is 14.4 Å². The Morgan fingerprint density at radius 2 is 2.12 bits per heavy atom. The molecule has 0 unspecified atom stereocenters. The number of hydrogen-bond acceptors (Lipinski definition) is 6. The van der Waals surface area contributed by atoms with Gasteiger partial charge in [-0.2, -0.15) is 8.42 Å². The van der Waals surface area contributed by atoms with Crippen molar-refractivity contribution in [3.63, 3.8) is 0 Å². The third-order valence-corrected chi connectivity index (χ3v) is 4.45. The molecule has 1 amide bonds. The van der Waals surface area contributed by atoms with Crippen molar-refractivity contribution in [3.05, 3.63) is 23.8 Å². The third-order valence-electron chi connectivity index (χ3n) is 3.53. The largest absolute Gasteiger partial charge is 0.492 e. The molecule has 1 aliphatic heterocycles. The zero-order valence-corrected chi connectivity index (χ0v) is 15.1. The lowest BCUT2D eigenvalue weighted by Crippen LogP contribution is -2.42. The summed E-state index contributed by atoms with van der Waals surface area (Å²) in [4.78, 5) is 12.2. The van der Waals surface area contributed by atoms with Crippen LogP contribution in [-0.4, -0.2) is 47.0 Å². The highest BCUT2D eigenvalue weighted by molar-refractivity contribution is 7.91. The number of benzene rings is 1. The Hall–Kier alpha value is -2.33. The van der Waals surface area contributed by atoms with Crippen LogP contribution in [0.15, 0.2) is 22.6 Å². The van der Waals surface area contributed by atoms with Crippen LogP contribution in [-0.2, 0) is 19.7 Å². The lowest BCUT2D eigenvalue weighted by atomic mass is 9.93. The molecule has 1 aromatic carbocycles. The monoisotopic (exact) mass is 370 g/mol. The van der Waals surface area contributed by atoms with E-state index in [0.29, 0.717) is 24.5 Å². The van der Waals surface area contributed by atoms with Crippen molar-refractivity contribution in [1.29, 1.82) is 0 Å². The second-order valence-electron chi connectivity index (χ2n) is 6.15. The highest BCUT2D eigenvalue weighted by atomic mass is 32.2. The lowest BCUT2D eigenvalue weighted by Gasteiger charge is -2.25. The molecule has 0 aliphatic carbocycles. The number of nitrogens with zero attached hydrogens (tertiary/aromatic N) is 1. The number of carbonyl (C=O) groups is 1. The molecule has 25 heavy (non-hydrogen) atoms. The van der Waals surface area contributed by atoms with Gasteiger partial charge < -0.3 is 20.5 Å². The normalized spacial score (nSPS) is 15.6. The smallest absolute Gasteiger partial charge is 0.344 e. The fourth-order valence-electron chi connectivity index (χ4n) is 2.17. The average Bonchev–Trinajstić information content (AvgIpc) is 2.51. The van der Waals surface area contributed by atoms with Crippen molar-refractivity contribution < 1.29 is 22.7 Å². The van der Waals surface area contributed by atoms with Gasteiger partial charge in [0.15, 0.2) is 5.84 Å². The first-order valence-electron chi connectivity index (χ1n) is 7.58. The minimum atomic E-state index is -3.85. The molecule has 0 aromatic heterocycles. The summed E-state index contributed by atoms with van der Waals surface area (Å²) in [6, 6.07) is 4.82. The van der Waals surface area contributed by atoms with E-state index in [0.717, 1.165) is 0 Å². The first-order chi connectivity index (χ1) is 11.7. The highest BCUT2D eigenvalue weighted by Crippen LogP contribution is 2.31. The maximum atomic E-state index is 12.2. The Morgan fingerprint density at radius 3 is 2.80 bits per heavy atom. The summed E-state index contributed by atoms with van der Waals surface area (Å²) >= 11 is 0. The predicted octanol–water partition coefficient (Wildman–Crippen LogP) is 0.230. The van der Waals surface area contributed by atoms with E-state index >= 15 is 0 Å². The van der Waals surface area contributed by atoms with Gasteiger partial charge in [-0.15, -0.1) is 4.40 Å². The molecule has 0 bridgehead atoms. The highest BCUT2D eigenvalue weighted by Gasteiger charge is 2.30. The Labute approximate surface area is 146 Å². The van der Waals surface area contributed by atoms with Crippen molar-refractivity contribution in [1.82, 2.24) is 5.32 Å². The van der Waals surface area contributed by atoms with E-state index in [1.807, 2.05) is 0 Å². The predicted molar refractivity (Wildman–Crippen MR) is 93.9 cm³/mol. The van der Waals surface area contributed by atoms with E-state index in [-0.39, 0.29) is 24.0 Å². The van der Waals surface area contributed by atoms with E-state index < -0.39 is 15.6 Å². The van der Waals surface area contributed by atoms with Gasteiger partial charge in [0.1, 0.15) is 12.4 Å². The van der Waals surface area contributed by atoms with Gasteiger partial charge in [0.05, 0.1) is 23.3 Å². The topological polar surface area (TPSA) is 132 Å². The van der Waals surface area contributed by atoms with Crippen molar-refractivity contribution in [2.45, 2.75) is 13.8 Å². The molecule has 0 spiro atoms. The van der Waals surface area contributed by atoms with Gasteiger partial charge in [-0.25, -0.2) is 0 Å². The number of amides is 1. The molecular weight excluding hydrogens is 348 g/mol. The van der Waals surface area contributed by atoms with Crippen molar-refractivity contribution in [2.24, 2.45) is 15.5 Å². The van der Waals surface area contributed by atoms with Gasteiger partial charge in [0, 0.05) is 13.7 Å². The first kappa shape index (κ1) is 19.0. The lowest BCUT2D eigenvalue weighted by molar-refractivity contribution is -0.131. The molecule has 1 heterocycles. The van der Waals surface area contributed by atoms with Crippen LogP contribution in [0.25, 0.3) is 0 Å². The summed E-state index contributed by atoms with van der Waals surface area (Å²) in [6.07, 6.45) is 0.